The molecule has 0 unspecified atom stereocenters. The Bertz CT molecular complexity index is 685. The third kappa shape index (κ3) is 2.98. The fourth-order valence-corrected chi connectivity index (χ4v) is 1.96. The van der Waals surface area contributed by atoms with Crippen LogP contribution in [-0.2, 0) is 0 Å². The zero-order chi connectivity index (χ0) is 14.0. The SMILES string of the molecule is N#Cc1cc(Cl)cc(Oc2c(O)ccc(Br)c2F)c1. The van der Waals surface area contributed by atoms with Gasteiger partial charge in [-0.05, 0) is 46.3 Å². The van der Waals surface area contributed by atoms with Gasteiger partial charge in [0.1, 0.15) is 5.75 Å². The van der Waals surface area contributed by atoms with Crippen LogP contribution in [-0.4, -0.2) is 5.11 Å². The van der Waals surface area contributed by atoms with Crippen LogP contribution in [0.15, 0.2) is 34.8 Å². The van der Waals surface area contributed by atoms with Crippen LogP contribution < -0.4 is 4.74 Å². The van der Waals surface area contributed by atoms with Crippen LogP contribution in [0.2, 0.25) is 5.02 Å². The maximum atomic E-state index is 13.8. The topological polar surface area (TPSA) is 53.2 Å². The predicted molar refractivity (Wildman–Crippen MR) is 72.0 cm³/mol. The van der Waals surface area contributed by atoms with Crippen LogP contribution in [0.3, 0.4) is 0 Å². The summed E-state index contributed by atoms with van der Waals surface area (Å²) in [5.74, 6) is -1.26. The number of ether oxygens (including phenoxy) is 1. The first-order valence-corrected chi connectivity index (χ1v) is 6.24. The monoisotopic (exact) mass is 341 g/mol. The summed E-state index contributed by atoms with van der Waals surface area (Å²) in [5.41, 5.74) is 0.275. The van der Waals surface area contributed by atoms with E-state index in [4.69, 9.17) is 21.6 Å². The lowest BCUT2D eigenvalue weighted by Gasteiger charge is -2.10. The highest BCUT2D eigenvalue weighted by Gasteiger charge is 2.14. The molecule has 2 aromatic rings. The number of rotatable bonds is 2. The molecule has 0 amide bonds. The summed E-state index contributed by atoms with van der Waals surface area (Å²) >= 11 is 8.80. The standard InChI is InChI=1S/C13H6BrClFNO2/c14-10-1-2-11(18)13(12(10)16)19-9-4-7(6-17)3-8(15)5-9/h1-5,18H. The molecule has 0 saturated heterocycles. The van der Waals surface area contributed by atoms with Crippen molar-refractivity contribution >= 4 is 27.5 Å². The molecule has 0 aliphatic carbocycles. The summed E-state index contributed by atoms with van der Waals surface area (Å²) in [5, 5.41) is 18.7. The zero-order valence-electron chi connectivity index (χ0n) is 9.32. The fraction of sp³-hybridized carbons (Fsp3) is 0. The second-order valence-electron chi connectivity index (χ2n) is 3.60. The Morgan fingerprint density at radius 2 is 2.05 bits per heavy atom. The van der Waals surface area contributed by atoms with E-state index in [-0.39, 0.29) is 32.3 Å². The number of hydrogen-bond donors (Lipinski definition) is 1. The first-order valence-electron chi connectivity index (χ1n) is 5.07. The first-order chi connectivity index (χ1) is 9.01. The lowest BCUT2D eigenvalue weighted by molar-refractivity contribution is 0.387. The molecule has 0 radical (unpaired) electrons. The van der Waals surface area contributed by atoms with Crippen LogP contribution in [0.4, 0.5) is 4.39 Å². The summed E-state index contributed by atoms with van der Waals surface area (Å²) in [4.78, 5) is 0. The molecule has 19 heavy (non-hydrogen) atoms. The summed E-state index contributed by atoms with van der Waals surface area (Å²) in [7, 11) is 0. The van der Waals surface area contributed by atoms with Gasteiger partial charge in [0, 0.05) is 5.02 Å². The minimum atomic E-state index is -0.738. The normalized spacial score (nSPS) is 10.0. The van der Waals surface area contributed by atoms with E-state index in [0.29, 0.717) is 0 Å². The molecule has 0 atom stereocenters. The van der Waals surface area contributed by atoms with Crippen molar-refractivity contribution in [2.75, 3.05) is 0 Å². The first kappa shape index (κ1) is 13.7. The Morgan fingerprint density at radius 3 is 2.74 bits per heavy atom. The molecule has 0 aliphatic rings. The molecule has 1 N–H and O–H groups in total. The van der Waals surface area contributed by atoms with E-state index in [9.17, 15) is 9.50 Å². The number of aromatic hydroxyl groups is 1. The smallest absolute Gasteiger partial charge is 0.205 e. The fourth-order valence-electron chi connectivity index (χ4n) is 1.42. The maximum Gasteiger partial charge on any atom is 0.205 e. The highest BCUT2D eigenvalue weighted by Crippen LogP contribution is 2.37. The highest BCUT2D eigenvalue weighted by atomic mass is 79.9. The van der Waals surface area contributed by atoms with Gasteiger partial charge in [-0.25, -0.2) is 4.39 Å². The molecule has 96 valence electrons. The minimum Gasteiger partial charge on any atom is -0.504 e. The van der Waals surface area contributed by atoms with E-state index in [1.54, 1.807) is 0 Å². The average Bonchev–Trinajstić information content (AvgIpc) is 2.38. The van der Waals surface area contributed by atoms with Crippen molar-refractivity contribution in [2.24, 2.45) is 0 Å². The van der Waals surface area contributed by atoms with Gasteiger partial charge in [0.15, 0.2) is 11.6 Å². The van der Waals surface area contributed by atoms with Gasteiger partial charge in [-0.1, -0.05) is 11.6 Å². The molecule has 6 heteroatoms. The van der Waals surface area contributed by atoms with E-state index in [2.05, 4.69) is 15.9 Å². The number of nitrogens with zero attached hydrogens (tertiary/aromatic N) is 1. The van der Waals surface area contributed by atoms with Crippen LogP contribution in [0.5, 0.6) is 17.2 Å². The van der Waals surface area contributed by atoms with Crippen molar-refractivity contribution in [3.8, 4) is 23.3 Å². The summed E-state index contributed by atoms with van der Waals surface area (Å²) in [6.07, 6.45) is 0. The Balaban J connectivity index is 2.45. The van der Waals surface area contributed by atoms with Gasteiger partial charge < -0.3 is 9.84 Å². The summed E-state index contributed by atoms with van der Waals surface area (Å²) in [6.45, 7) is 0. The molecule has 0 bridgehead atoms. The van der Waals surface area contributed by atoms with Gasteiger partial charge in [0.2, 0.25) is 5.75 Å². The molecule has 0 saturated carbocycles. The number of halogens is 3. The molecule has 0 aromatic heterocycles. The average molecular weight is 343 g/mol. The third-order valence-electron chi connectivity index (χ3n) is 2.25. The van der Waals surface area contributed by atoms with E-state index in [1.165, 1.54) is 30.3 Å². The third-order valence-corrected chi connectivity index (χ3v) is 3.08. The quantitative estimate of drug-likeness (QED) is 0.867. The zero-order valence-corrected chi connectivity index (χ0v) is 11.7. The van der Waals surface area contributed by atoms with Gasteiger partial charge in [0.05, 0.1) is 16.1 Å². The minimum absolute atomic E-state index is 0.155. The van der Waals surface area contributed by atoms with Gasteiger partial charge in [-0.15, -0.1) is 0 Å². The number of phenols is 1. The molecule has 0 heterocycles. The number of phenolic OH excluding ortho intramolecular Hbond substituents is 1. The highest BCUT2D eigenvalue weighted by molar-refractivity contribution is 9.10. The lowest BCUT2D eigenvalue weighted by atomic mass is 10.2. The number of nitriles is 1. The van der Waals surface area contributed by atoms with E-state index >= 15 is 0 Å². The Kier molecular flexibility index (Phi) is 3.93. The summed E-state index contributed by atoms with van der Waals surface area (Å²) in [6, 6.07) is 8.82. The molecule has 2 rings (SSSR count). The van der Waals surface area contributed by atoms with Crippen molar-refractivity contribution in [2.45, 2.75) is 0 Å². The Hall–Kier alpha value is -1.77. The Morgan fingerprint density at radius 1 is 1.32 bits per heavy atom. The number of benzene rings is 2. The van der Waals surface area contributed by atoms with Crippen LogP contribution in [0.25, 0.3) is 0 Å². The van der Waals surface area contributed by atoms with Crippen LogP contribution in [0, 0.1) is 17.1 Å². The van der Waals surface area contributed by atoms with Crippen molar-refractivity contribution in [1.29, 1.82) is 5.26 Å². The second-order valence-corrected chi connectivity index (χ2v) is 4.89. The van der Waals surface area contributed by atoms with Crippen LogP contribution >= 0.6 is 27.5 Å². The molecule has 2 aromatic carbocycles. The maximum absolute atomic E-state index is 13.8. The Labute approximate surface area is 121 Å². The van der Waals surface area contributed by atoms with Crippen LogP contribution in [0.1, 0.15) is 5.56 Å². The van der Waals surface area contributed by atoms with Crippen molar-refractivity contribution in [3.63, 3.8) is 0 Å². The van der Waals surface area contributed by atoms with E-state index in [0.717, 1.165) is 0 Å². The molecular weight excluding hydrogens is 337 g/mol. The molecule has 3 nitrogen and oxygen atoms in total. The lowest BCUT2D eigenvalue weighted by Crippen LogP contribution is -1.91. The van der Waals surface area contributed by atoms with Crippen molar-refractivity contribution < 1.29 is 14.2 Å². The molecule has 0 spiro atoms. The van der Waals surface area contributed by atoms with Gasteiger partial charge >= 0.3 is 0 Å². The van der Waals surface area contributed by atoms with E-state index < -0.39 is 5.82 Å². The van der Waals surface area contributed by atoms with Crippen molar-refractivity contribution in [1.82, 2.24) is 0 Å². The summed E-state index contributed by atoms with van der Waals surface area (Å²) < 4.78 is 19.2. The van der Waals surface area contributed by atoms with Crippen molar-refractivity contribution in [3.05, 3.63) is 51.2 Å². The predicted octanol–water partition coefficient (Wildman–Crippen LogP) is 4.61. The number of hydrogen-bond acceptors (Lipinski definition) is 3. The van der Waals surface area contributed by atoms with E-state index in [1.807, 2.05) is 6.07 Å². The molecule has 0 aliphatic heterocycles. The molecular formula is C13H6BrClFNO2. The molecule has 0 fully saturated rings. The second kappa shape index (κ2) is 5.47. The largest absolute Gasteiger partial charge is 0.504 e. The van der Waals surface area contributed by atoms with Gasteiger partial charge in [-0.3, -0.25) is 0 Å². The van der Waals surface area contributed by atoms with Gasteiger partial charge in [-0.2, -0.15) is 5.26 Å². The van der Waals surface area contributed by atoms with Gasteiger partial charge in [0.25, 0.3) is 0 Å².